The lowest BCUT2D eigenvalue weighted by molar-refractivity contribution is -0.204. The van der Waals surface area contributed by atoms with Crippen LogP contribution in [0.5, 0.6) is 17.2 Å². The number of nitrogens with two attached hydrogens (primary N) is 3. The maximum absolute atomic E-state index is 10.6. The Morgan fingerprint density at radius 1 is 0.426 bits per heavy atom. The Morgan fingerprint density at radius 3 is 1.15 bits per heavy atom. The van der Waals surface area contributed by atoms with Crippen molar-refractivity contribution in [2.45, 2.75) is 140 Å². The zero-order valence-corrected chi connectivity index (χ0v) is 50.9. The Morgan fingerprint density at radius 2 is 0.766 bits per heavy atom. The third kappa shape index (κ3) is 11.9. The maximum Gasteiger partial charge on any atom is 0.165 e. The van der Waals surface area contributed by atoms with E-state index in [1.54, 1.807) is 66.1 Å². The Bertz CT molecular complexity index is 4500. The van der Waals surface area contributed by atoms with E-state index in [2.05, 4.69) is 44.9 Å². The number of ether oxygens (including phenoxy) is 8. The summed E-state index contributed by atoms with van der Waals surface area (Å²) >= 11 is 0. The molecular weight excluding hydrogens is 1210 g/mol. The summed E-state index contributed by atoms with van der Waals surface area (Å²) in [5.41, 5.74) is 22.0. The minimum atomic E-state index is -1.16. The predicted molar refractivity (Wildman–Crippen MR) is 348 cm³/mol. The van der Waals surface area contributed by atoms with Gasteiger partial charge in [0, 0.05) is 71.5 Å². The second kappa shape index (κ2) is 25.6. The van der Waals surface area contributed by atoms with Crippen molar-refractivity contribution in [1.82, 2.24) is 58.6 Å². The molecular formula is C67H71N15O12. The normalized spacial score (nSPS) is 25.5. The van der Waals surface area contributed by atoms with Crippen LogP contribution in [0.15, 0.2) is 165 Å². The van der Waals surface area contributed by atoms with Gasteiger partial charge in [0.15, 0.2) is 24.5 Å². The van der Waals surface area contributed by atoms with Gasteiger partial charge in [0.1, 0.15) is 144 Å². The van der Waals surface area contributed by atoms with E-state index in [1.165, 1.54) is 19.0 Å². The molecule has 3 aromatic carbocycles. The van der Waals surface area contributed by atoms with Gasteiger partial charge in [-0.05, 0) is 107 Å². The SMILES string of the molecule is C.CC(Oc1ccc2cccnc2c1)[C@H]1O[C@@H](n2ccc3c(N)ncnc32)[C@@H]2OC(C)(C)O[C@@H]21.CC(Oc1ccc2cccnc2c1)[C@H]1O[C@@H](n2ccc3c(N)ncnc32)[C@H](O)[C@@H]1O.CC(Oc1ccc2cccnc2c1)[C@H]1O[C@@H](n2ccc3c(N)ncnc32)[C@H](O)[C@@H]1O. The van der Waals surface area contributed by atoms with Crippen molar-refractivity contribution < 1.29 is 58.3 Å². The molecule has 0 bridgehead atoms. The lowest BCUT2D eigenvalue weighted by atomic mass is 10.1. The van der Waals surface area contributed by atoms with Gasteiger partial charge in [0.25, 0.3) is 0 Å². The number of hydrogen-bond acceptors (Lipinski definition) is 24. The van der Waals surface area contributed by atoms with Gasteiger partial charge >= 0.3 is 0 Å². The lowest BCUT2D eigenvalue weighted by Crippen LogP contribution is -2.40. The highest BCUT2D eigenvalue weighted by Crippen LogP contribution is 2.46. The number of aliphatic hydroxyl groups is 4. The highest BCUT2D eigenvalue weighted by atomic mass is 16.8. The van der Waals surface area contributed by atoms with Crippen LogP contribution in [0.3, 0.4) is 0 Å². The van der Waals surface area contributed by atoms with Crippen LogP contribution in [0, 0.1) is 0 Å². The van der Waals surface area contributed by atoms with Crippen LogP contribution in [0.2, 0.25) is 0 Å². The van der Waals surface area contributed by atoms with E-state index in [4.69, 9.17) is 55.1 Å². The molecule has 0 aliphatic carbocycles. The first-order valence-corrected chi connectivity index (χ1v) is 30.2. The summed E-state index contributed by atoms with van der Waals surface area (Å²) in [5.74, 6) is 2.30. The third-order valence-corrected chi connectivity index (χ3v) is 17.1. The van der Waals surface area contributed by atoms with Crippen molar-refractivity contribution in [1.29, 1.82) is 0 Å². The van der Waals surface area contributed by atoms with Gasteiger partial charge < -0.3 is 89.2 Å². The van der Waals surface area contributed by atoms with Crippen molar-refractivity contribution in [3.8, 4) is 17.2 Å². The van der Waals surface area contributed by atoms with Crippen LogP contribution in [-0.2, 0) is 23.7 Å². The number of anilines is 3. The number of hydrogen-bond donors (Lipinski definition) is 7. The number of benzene rings is 3. The van der Waals surface area contributed by atoms with Gasteiger partial charge in [-0.2, -0.15) is 0 Å². The third-order valence-electron chi connectivity index (χ3n) is 17.1. The number of nitrogens with zero attached hydrogens (tertiary/aromatic N) is 12. The molecule has 12 aromatic rings. The molecule has 3 unspecified atom stereocenters. The molecule has 0 spiro atoms. The molecule has 4 aliphatic rings. The summed E-state index contributed by atoms with van der Waals surface area (Å²) in [6.45, 7) is 9.39. The molecule has 4 saturated heterocycles. The van der Waals surface area contributed by atoms with Gasteiger partial charge in [0.05, 0.1) is 32.7 Å². The van der Waals surface area contributed by atoms with E-state index in [0.29, 0.717) is 56.7 Å². The van der Waals surface area contributed by atoms with Crippen LogP contribution in [0.4, 0.5) is 17.5 Å². The van der Waals surface area contributed by atoms with Crippen LogP contribution in [0.25, 0.3) is 65.8 Å². The van der Waals surface area contributed by atoms with Gasteiger partial charge in [-0.25, -0.2) is 29.9 Å². The summed E-state index contributed by atoms with van der Waals surface area (Å²) in [5, 5.41) is 47.7. The second-order valence-electron chi connectivity index (χ2n) is 23.7. The van der Waals surface area contributed by atoms with Crippen LogP contribution in [0.1, 0.15) is 60.7 Å². The quantitative estimate of drug-likeness (QED) is 0.0627. The minimum Gasteiger partial charge on any atom is -0.488 e. The first-order valence-electron chi connectivity index (χ1n) is 30.2. The summed E-state index contributed by atoms with van der Waals surface area (Å²) in [6, 6.07) is 34.1. The molecule has 94 heavy (non-hydrogen) atoms. The van der Waals surface area contributed by atoms with Gasteiger partial charge in [0.2, 0.25) is 0 Å². The van der Waals surface area contributed by atoms with Crippen molar-refractivity contribution >= 4 is 83.3 Å². The number of aliphatic hydroxyl groups excluding tert-OH is 4. The van der Waals surface area contributed by atoms with Crippen molar-refractivity contribution in [2.75, 3.05) is 17.2 Å². The maximum atomic E-state index is 10.6. The average Bonchev–Trinajstić information content (AvgIpc) is 1.59. The molecule has 0 amide bonds. The van der Waals surface area contributed by atoms with Crippen LogP contribution in [-0.4, -0.2) is 158 Å². The topological polar surface area (TPSA) is 364 Å². The van der Waals surface area contributed by atoms with Crippen LogP contribution < -0.4 is 31.4 Å². The fourth-order valence-electron chi connectivity index (χ4n) is 12.6. The Hall–Kier alpha value is -9.81. The summed E-state index contributed by atoms with van der Waals surface area (Å²) in [4.78, 5) is 38.0. The van der Waals surface area contributed by atoms with E-state index >= 15 is 0 Å². The summed E-state index contributed by atoms with van der Waals surface area (Å²) < 4.78 is 54.6. The molecule has 10 N–H and O–H groups in total. The Balaban J connectivity index is 0.000000128. The second-order valence-corrected chi connectivity index (χ2v) is 23.7. The molecule has 4 fully saturated rings. The molecule has 0 saturated carbocycles. The molecule has 16 rings (SSSR count). The predicted octanol–water partition coefficient (Wildman–Crippen LogP) is 7.38. The number of fused-ring (bicyclic) bond motifs is 7. The van der Waals surface area contributed by atoms with E-state index in [9.17, 15) is 20.4 Å². The molecule has 0 radical (unpaired) electrons. The number of nitrogen functional groups attached to an aromatic ring is 3. The lowest BCUT2D eigenvalue weighted by Gasteiger charge is -2.28. The first kappa shape index (κ1) is 63.0. The Labute approximate surface area is 537 Å². The first-order chi connectivity index (χ1) is 44.9. The summed E-state index contributed by atoms with van der Waals surface area (Å²) in [6.07, 6.45) is 4.11. The van der Waals surface area contributed by atoms with Gasteiger partial charge in [-0.15, -0.1) is 0 Å². The monoisotopic (exact) mass is 1280 g/mol. The Kier molecular flexibility index (Phi) is 17.1. The zero-order chi connectivity index (χ0) is 64.4. The smallest absolute Gasteiger partial charge is 0.165 e. The number of rotatable bonds is 12. The van der Waals surface area contributed by atoms with Crippen LogP contribution >= 0.6 is 0 Å². The highest BCUT2D eigenvalue weighted by Gasteiger charge is 2.58. The number of aromatic nitrogens is 12. The van der Waals surface area contributed by atoms with Gasteiger partial charge in [-0.1, -0.05) is 25.6 Å². The van der Waals surface area contributed by atoms with E-state index < -0.39 is 73.3 Å². The molecule has 27 heteroatoms. The molecule has 4 aliphatic heterocycles. The highest BCUT2D eigenvalue weighted by molar-refractivity contribution is 5.88. The van der Waals surface area contributed by atoms with E-state index in [1.807, 2.05) is 129 Å². The average molecular weight is 1280 g/mol. The summed E-state index contributed by atoms with van der Waals surface area (Å²) in [7, 11) is 0. The standard InChI is InChI=1S/C24H25N5O4.2C21H21N5O4.CH4/c1-13(30-15-7-6-14-5-4-9-26-17(14)11-15)18-19-20(33-24(2,3)32-19)23(31-18)29-10-8-16-21(25)27-12-28-22(16)29;2*1-11(29-13-5-4-12-3-2-7-23-15(12)9-13)18-16(27)17(28)21(30-18)26-8-6-14-19(22)24-10-25-20(14)26;/h4-13,18-20,23H,1-3H3,(H2,25,27,28);2*2-11,16-18,21,27-28H,1H3,(H2,22,24,25);1H4/t13?,18-,19-,20-,23-;2*11?,16-,17+,18+,21+;/m100./s1. The van der Waals surface area contributed by atoms with E-state index in [0.717, 1.165) is 43.8 Å². The van der Waals surface area contributed by atoms with Crippen molar-refractivity contribution in [3.63, 3.8) is 0 Å². The fraction of sp³-hybridized carbons (Fsp3) is 0.328. The van der Waals surface area contributed by atoms with E-state index in [-0.39, 0.29) is 31.8 Å². The largest absolute Gasteiger partial charge is 0.488 e. The van der Waals surface area contributed by atoms with Crippen molar-refractivity contribution in [2.24, 2.45) is 0 Å². The molecule has 15 atom stereocenters. The zero-order valence-electron chi connectivity index (χ0n) is 50.9. The molecule has 9 aromatic heterocycles. The molecule has 27 nitrogen and oxygen atoms in total. The minimum absolute atomic E-state index is 0. The molecule has 13 heterocycles. The number of pyridine rings is 3. The fourth-order valence-corrected chi connectivity index (χ4v) is 12.6. The van der Waals surface area contributed by atoms with Gasteiger partial charge in [-0.3, -0.25) is 15.0 Å². The molecule has 486 valence electrons. The van der Waals surface area contributed by atoms with Crippen molar-refractivity contribution in [3.05, 3.63) is 165 Å².